The zero-order valence-corrected chi connectivity index (χ0v) is 12.8. The Bertz CT molecular complexity index is 490. The molecule has 0 spiro atoms. The van der Waals surface area contributed by atoms with Crippen molar-refractivity contribution in [2.75, 3.05) is 51.8 Å². The first kappa shape index (κ1) is 15.9. The molecule has 0 saturated carbocycles. The quantitative estimate of drug-likeness (QED) is 0.884. The van der Waals surface area contributed by atoms with Crippen LogP contribution in [0.5, 0.6) is 5.75 Å². The van der Waals surface area contributed by atoms with E-state index in [0.29, 0.717) is 36.1 Å². The minimum Gasteiger partial charge on any atom is -0.495 e. The second-order valence-electron chi connectivity index (χ2n) is 4.83. The standard InChI is InChI=1S/C14H20ClN3O3/c1-21-13-10-11(2-3-12(13)15)16-14(20)18-6-4-17(5-7-18)8-9-19/h2-3,10,19H,4-9H2,1H3,(H,16,20). The molecule has 1 heterocycles. The number of amides is 2. The van der Waals surface area contributed by atoms with Crippen molar-refractivity contribution in [2.24, 2.45) is 0 Å². The molecule has 0 bridgehead atoms. The number of benzene rings is 1. The van der Waals surface area contributed by atoms with Crippen LogP contribution in [-0.2, 0) is 0 Å². The van der Waals surface area contributed by atoms with Crippen molar-refractivity contribution in [1.82, 2.24) is 9.80 Å². The fourth-order valence-electron chi connectivity index (χ4n) is 2.26. The van der Waals surface area contributed by atoms with Crippen LogP contribution < -0.4 is 10.1 Å². The fourth-order valence-corrected chi connectivity index (χ4v) is 2.45. The number of urea groups is 1. The molecule has 1 saturated heterocycles. The molecule has 0 aromatic heterocycles. The minimum absolute atomic E-state index is 0.136. The third-order valence-corrected chi connectivity index (χ3v) is 3.79. The topological polar surface area (TPSA) is 65.0 Å². The highest BCUT2D eigenvalue weighted by Crippen LogP contribution is 2.27. The molecule has 0 radical (unpaired) electrons. The predicted octanol–water partition coefficient (Wildman–Crippen LogP) is 1.49. The van der Waals surface area contributed by atoms with Gasteiger partial charge in [-0.2, -0.15) is 0 Å². The number of hydrogen-bond donors (Lipinski definition) is 2. The average Bonchev–Trinajstić information content (AvgIpc) is 2.50. The minimum atomic E-state index is -0.136. The number of aliphatic hydroxyl groups is 1. The zero-order valence-electron chi connectivity index (χ0n) is 12.0. The van der Waals surface area contributed by atoms with Crippen molar-refractivity contribution >= 4 is 23.3 Å². The molecule has 1 aliphatic rings. The van der Waals surface area contributed by atoms with Gasteiger partial charge in [0.1, 0.15) is 5.75 Å². The Morgan fingerprint density at radius 1 is 1.38 bits per heavy atom. The van der Waals surface area contributed by atoms with Crippen LogP contribution in [0, 0.1) is 0 Å². The van der Waals surface area contributed by atoms with Gasteiger partial charge >= 0.3 is 6.03 Å². The number of piperazine rings is 1. The highest BCUT2D eigenvalue weighted by atomic mass is 35.5. The van der Waals surface area contributed by atoms with E-state index in [1.165, 1.54) is 7.11 Å². The number of β-amino-alcohol motifs (C(OH)–C–C–N with tert-alkyl or cyclic N) is 1. The van der Waals surface area contributed by atoms with Gasteiger partial charge in [0.15, 0.2) is 0 Å². The van der Waals surface area contributed by atoms with Gasteiger partial charge in [-0.15, -0.1) is 0 Å². The van der Waals surface area contributed by atoms with E-state index in [1.54, 1.807) is 23.1 Å². The molecule has 1 fully saturated rings. The maximum absolute atomic E-state index is 12.2. The molecule has 116 valence electrons. The summed E-state index contributed by atoms with van der Waals surface area (Å²) in [6, 6.07) is 4.99. The number of halogens is 1. The Morgan fingerprint density at radius 3 is 2.71 bits per heavy atom. The van der Waals surface area contributed by atoms with E-state index in [0.717, 1.165) is 13.1 Å². The molecule has 1 aromatic rings. The lowest BCUT2D eigenvalue weighted by molar-refractivity contribution is 0.127. The molecular weight excluding hydrogens is 294 g/mol. The molecule has 6 nitrogen and oxygen atoms in total. The largest absolute Gasteiger partial charge is 0.495 e. The van der Waals surface area contributed by atoms with Crippen LogP contribution in [0.1, 0.15) is 0 Å². The van der Waals surface area contributed by atoms with E-state index in [4.69, 9.17) is 21.4 Å². The number of nitrogens with zero attached hydrogens (tertiary/aromatic N) is 2. The molecule has 2 amide bonds. The summed E-state index contributed by atoms with van der Waals surface area (Å²) in [4.78, 5) is 16.1. The number of carbonyl (C=O) groups excluding carboxylic acids is 1. The monoisotopic (exact) mass is 313 g/mol. The lowest BCUT2D eigenvalue weighted by atomic mass is 10.3. The van der Waals surface area contributed by atoms with Gasteiger partial charge in [-0.3, -0.25) is 4.90 Å². The molecule has 2 rings (SSSR count). The Labute approximate surface area is 129 Å². The van der Waals surface area contributed by atoms with Crippen LogP contribution in [0.4, 0.5) is 10.5 Å². The fraction of sp³-hybridized carbons (Fsp3) is 0.500. The summed E-state index contributed by atoms with van der Waals surface area (Å²) >= 11 is 5.95. The van der Waals surface area contributed by atoms with Gasteiger partial charge in [0, 0.05) is 44.5 Å². The summed E-state index contributed by atoms with van der Waals surface area (Å²) in [5, 5.41) is 12.3. The van der Waals surface area contributed by atoms with Crippen LogP contribution in [0.3, 0.4) is 0 Å². The summed E-state index contributed by atoms with van der Waals surface area (Å²) < 4.78 is 5.13. The van der Waals surface area contributed by atoms with Crippen LogP contribution in [0.15, 0.2) is 18.2 Å². The summed E-state index contributed by atoms with van der Waals surface area (Å²) in [5.74, 6) is 0.530. The first-order chi connectivity index (χ1) is 10.1. The number of nitrogens with one attached hydrogen (secondary N) is 1. The van der Waals surface area contributed by atoms with Crippen molar-refractivity contribution in [3.05, 3.63) is 23.2 Å². The van der Waals surface area contributed by atoms with E-state index in [9.17, 15) is 4.79 Å². The van der Waals surface area contributed by atoms with Gasteiger partial charge in [-0.1, -0.05) is 11.6 Å². The van der Waals surface area contributed by atoms with Crippen molar-refractivity contribution < 1.29 is 14.6 Å². The van der Waals surface area contributed by atoms with Gasteiger partial charge in [-0.05, 0) is 12.1 Å². The number of methoxy groups -OCH3 is 1. The van der Waals surface area contributed by atoms with E-state index in [1.807, 2.05) is 0 Å². The summed E-state index contributed by atoms with van der Waals surface area (Å²) in [6.07, 6.45) is 0. The van der Waals surface area contributed by atoms with Gasteiger partial charge in [-0.25, -0.2) is 4.79 Å². The molecule has 0 atom stereocenters. The SMILES string of the molecule is COc1cc(NC(=O)N2CCN(CCO)CC2)ccc1Cl. The van der Waals surface area contributed by atoms with Gasteiger partial charge in [0.2, 0.25) is 0 Å². The van der Waals surface area contributed by atoms with Crippen LogP contribution in [-0.4, -0.2) is 67.4 Å². The van der Waals surface area contributed by atoms with Crippen molar-refractivity contribution in [1.29, 1.82) is 0 Å². The predicted molar refractivity (Wildman–Crippen MR) is 82.1 cm³/mol. The number of rotatable bonds is 4. The van der Waals surface area contributed by atoms with Crippen LogP contribution in [0.2, 0.25) is 5.02 Å². The van der Waals surface area contributed by atoms with E-state index >= 15 is 0 Å². The Hall–Kier alpha value is -1.50. The molecule has 0 unspecified atom stereocenters. The number of ether oxygens (including phenoxy) is 1. The van der Waals surface area contributed by atoms with Gasteiger partial charge < -0.3 is 20.1 Å². The van der Waals surface area contributed by atoms with Crippen LogP contribution >= 0.6 is 11.6 Å². The second kappa shape index (κ2) is 7.49. The number of anilines is 1. The first-order valence-electron chi connectivity index (χ1n) is 6.86. The summed E-state index contributed by atoms with van der Waals surface area (Å²) in [5.41, 5.74) is 0.652. The van der Waals surface area contributed by atoms with Crippen molar-refractivity contribution in [2.45, 2.75) is 0 Å². The van der Waals surface area contributed by atoms with Crippen molar-refractivity contribution in [3.63, 3.8) is 0 Å². The van der Waals surface area contributed by atoms with Gasteiger partial charge in [0.05, 0.1) is 18.7 Å². The Morgan fingerprint density at radius 2 is 2.10 bits per heavy atom. The molecule has 21 heavy (non-hydrogen) atoms. The van der Waals surface area contributed by atoms with E-state index < -0.39 is 0 Å². The average molecular weight is 314 g/mol. The normalized spacial score (nSPS) is 15.9. The van der Waals surface area contributed by atoms with Crippen LogP contribution in [0.25, 0.3) is 0 Å². The third kappa shape index (κ3) is 4.23. The Kier molecular flexibility index (Phi) is 5.67. The lowest BCUT2D eigenvalue weighted by Crippen LogP contribution is -2.50. The highest BCUT2D eigenvalue weighted by molar-refractivity contribution is 6.32. The summed E-state index contributed by atoms with van der Waals surface area (Å²) in [7, 11) is 1.53. The third-order valence-electron chi connectivity index (χ3n) is 3.48. The molecule has 1 aliphatic heterocycles. The molecule has 1 aromatic carbocycles. The second-order valence-corrected chi connectivity index (χ2v) is 5.24. The maximum atomic E-state index is 12.2. The summed E-state index contributed by atoms with van der Waals surface area (Å²) in [6.45, 7) is 3.66. The molecule has 7 heteroatoms. The first-order valence-corrected chi connectivity index (χ1v) is 7.24. The number of carbonyl (C=O) groups is 1. The number of hydrogen-bond acceptors (Lipinski definition) is 4. The maximum Gasteiger partial charge on any atom is 0.321 e. The van der Waals surface area contributed by atoms with Crippen molar-refractivity contribution in [3.8, 4) is 5.75 Å². The van der Waals surface area contributed by atoms with E-state index in [2.05, 4.69) is 10.2 Å². The lowest BCUT2D eigenvalue weighted by Gasteiger charge is -2.34. The zero-order chi connectivity index (χ0) is 15.2. The van der Waals surface area contributed by atoms with E-state index in [-0.39, 0.29) is 12.6 Å². The number of aliphatic hydroxyl groups excluding tert-OH is 1. The molecule has 0 aliphatic carbocycles. The highest BCUT2D eigenvalue weighted by Gasteiger charge is 2.20. The molecule has 2 N–H and O–H groups in total. The molecular formula is C14H20ClN3O3. The smallest absolute Gasteiger partial charge is 0.321 e. The Balaban J connectivity index is 1.90. The van der Waals surface area contributed by atoms with Gasteiger partial charge in [0.25, 0.3) is 0 Å².